The Balaban J connectivity index is 0.000000142. The molecule has 0 radical (unpaired) electrons. The molecule has 380 valence electrons. The molecular formula is C63H55ClN6O6. The number of anilines is 6. The zero-order valence-corrected chi connectivity index (χ0v) is 42.7. The summed E-state index contributed by atoms with van der Waals surface area (Å²) in [6.45, 7) is 3.74. The highest BCUT2D eigenvalue weighted by Gasteiger charge is 2.25. The molecule has 0 saturated heterocycles. The van der Waals surface area contributed by atoms with Crippen molar-refractivity contribution in [1.82, 2.24) is 15.0 Å². The molecule has 11 rings (SSSR count). The summed E-state index contributed by atoms with van der Waals surface area (Å²) in [5.74, 6) is -2.34. The Hall–Kier alpha value is -9.13. The lowest BCUT2D eigenvalue weighted by Gasteiger charge is -2.16. The normalized spacial score (nSPS) is 12.4. The van der Waals surface area contributed by atoms with Crippen LogP contribution in [0.5, 0.6) is 0 Å². The number of carboxylic acid groups (broad SMARTS) is 3. The third-order valence-electron chi connectivity index (χ3n) is 13.1. The van der Waals surface area contributed by atoms with Gasteiger partial charge in [-0.1, -0.05) is 132 Å². The van der Waals surface area contributed by atoms with Crippen molar-refractivity contribution in [3.05, 3.63) is 232 Å². The summed E-state index contributed by atoms with van der Waals surface area (Å²) in [5.41, 5.74) is 15.7. The van der Waals surface area contributed by atoms with Gasteiger partial charge < -0.3 is 31.3 Å². The second-order valence-electron chi connectivity index (χ2n) is 18.8. The minimum atomic E-state index is -0.988. The maximum Gasteiger partial charge on any atom is 0.337 e. The van der Waals surface area contributed by atoms with E-state index >= 15 is 0 Å². The quantitative estimate of drug-likeness (QED) is 0.0643. The van der Waals surface area contributed by atoms with E-state index < -0.39 is 17.9 Å². The number of aromatic nitrogens is 3. The zero-order valence-electron chi connectivity index (χ0n) is 41.9. The second-order valence-corrected chi connectivity index (χ2v) is 19.2. The molecular weight excluding hydrogens is 972 g/mol. The molecule has 0 spiro atoms. The molecule has 0 amide bonds. The summed E-state index contributed by atoms with van der Waals surface area (Å²) < 4.78 is 0. The molecule has 6 N–H and O–H groups in total. The number of carboxylic acids is 3. The van der Waals surface area contributed by atoms with E-state index in [4.69, 9.17) is 16.6 Å². The fraction of sp³-hybridized carbons (Fsp3) is 0.143. The predicted molar refractivity (Wildman–Crippen MR) is 302 cm³/mol. The Labute approximate surface area is 446 Å². The third kappa shape index (κ3) is 13.0. The maximum atomic E-state index is 11.9. The number of rotatable bonds is 13. The van der Waals surface area contributed by atoms with Crippen molar-refractivity contribution >= 4 is 63.6 Å². The van der Waals surface area contributed by atoms with Crippen molar-refractivity contribution in [2.75, 3.05) is 16.0 Å². The van der Waals surface area contributed by atoms with Crippen LogP contribution in [0.25, 0.3) is 33.6 Å². The van der Waals surface area contributed by atoms with E-state index in [9.17, 15) is 29.7 Å². The van der Waals surface area contributed by atoms with Crippen LogP contribution in [-0.4, -0.2) is 48.2 Å². The number of pyridine rings is 3. The first-order valence-electron chi connectivity index (χ1n) is 25.0. The van der Waals surface area contributed by atoms with Crippen molar-refractivity contribution in [1.29, 1.82) is 0 Å². The van der Waals surface area contributed by atoms with Gasteiger partial charge in [0.25, 0.3) is 0 Å². The summed E-state index contributed by atoms with van der Waals surface area (Å²) in [6.07, 6.45) is 11.9. The second kappa shape index (κ2) is 23.8. The fourth-order valence-corrected chi connectivity index (χ4v) is 9.23. The first-order valence-corrected chi connectivity index (χ1v) is 25.4. The van der Waals surface area contributed by atoms with Crippen LogP contribution < -0.4 is 16.0 Å². The predicted octanol–water partition coefficient (Wildman–Crippen LogP) is 15.6. The van der Waals surface area contributed by atoms with E-state index in [1.54, 1.807) is 55.0 Å². The first-order chi connectivity index (χ1) is 36.9. The SMILES string of the molecule is Cc1ccc(Nc2cc(Cl)cnc2-c2ccccc2)c(C(=O)O)c1.Cc1ccc(Nc2cnc3c(c2)CCCC3)c(C(=O)O)c1.O=C(O)c1cc(C2CC2)ccc1Nc1cnc(-c2ccccc2)c(-c2ccccc2)c1. The van der Waals surface area contributed by atoms with Crippen molar-refractivity contribution in [2.24, 2.45) is 0 Å². The molecule has 2 aliphatic rings. The minimum absolute atomic E-state index is 0.203. The fourth-order valence-electron chi connectivity index (χ4n) is 9.08. The Morgan fingerprint density at radius 1 is 0.487 bits per heavy atom. The molecule has 3 aromatic heterocycles. The summed E-state index contributed by atoms with van der Waals surface area (Å²) in [6, 6.07) is 52.0. The number of halogens is 1. The highest BCUT2D eigenvalue weighted by Crippen LogP contribution is 2.42. The Morgan fingerprint density at radius 2 is 0.974 bits per heavy atom. The number of fused-ring (bicyclic) bond motifs is 1. The van der Waals surface area contributed by atoms with Crippen LogP contribution >= 0.6 is 11.6 Å². The molecule has 9 aromatic rings. The number of nitrogens with one attached hydrogen (secondary N) is 3. The van der Waals surface area contributed by atoms with E-state index in [1.165, 1.54) is 24.1 Å². The van der Waals surface area contributed by atoms with E-state index in [0.29, 0.717) is 39.4 Å². The van der Waals surface area contributed by atoms with Crippen LogP contribution in [0.3, 0.4) is 0 Å². The van der Waals surface area contributed by atoms with Gasteiger partial charge >= 0.3 is 17.9 Å². The first kappa shape index (κ1) is 51.8. The van der Waals surface area contributed by atoms with Gasteiger partial charge in [-0.3, -0.25) is 15.0 Å². The van der Waals surface area contributed by atoms with Crippen LogP contribution in [0.1, 0.15) is 90.6 Å². The number of hydrogen-bond donors (Lipinski definition) is 6. The van der Waals surface area contributed by atoms with Gasteiger partial charge in [-0.2, -0.15) is 0 Å². The lowest BCUT2D eigenvalue weighted by atomic mass is 9.96. The topological polar surface area (TPSA) is 187 Å². The Morgan fingerprint density at radius 3 is 1.55 bits per heavy atom. The molecule has 6 aromatic carbocycles. The van der Waals surface area contributed by atoms with Crippen molar-refractivity contribution in [3.63, 3.8) is 0 Å². The van der Waals surface area contributed by atoms with Gasteiger partial charge in [0.15, 0.2) is 0 Å². The molecule has 0 atom stereocenters. The summed E-state index contributed by atoms with van der Waals surface area (Å²) in [5, 5.41) is 38.6. The van der Waals surface area contributed by atoms with Crippen molar-refractivity contribution < 1.29 is 29.7 Å². The molecule has 13 heteroatoms. The molecule has 1 saturated carbocycles. The number of carbonyl (C=O) groups is 3. The molecule has 1 fully saturated rings. The standard InChI is InChI=1S/C27H22N2O2.C19H15ClN2O2.C17H18N2O2/c30-27(31)24-15-21(18-11-12-18)13-14-25(24)29-22-16-23(19-7-3-1-4-8-19)26(28-17-22)20-9-5-2-6-10-20;1-12-7-8-16(15(9-12)19(23)24)22-17-10-14(20)11-21-18(17)13-5-3-2-4-6-13;1-11-6-7-16(14(8-11)17(20)21)19-13-9-12-4-2-3-5-15(12)18-10-13/h1-10,13-18,29H,11-12H2,(H,30,31);2-11,22H,1H3,(H,23,24);6-10,19H,2-5H2,1H3,(H,20,21). The van der Waals surface area contributed by atoms with E-state index in [-0.39, 0.29) is 16.7 Å². The van der Waals surface area contributed by atoms with Crippen LogP contribution in [0.4, 0.5) is 34.1 Å². The van der Waals surface area contributed by atoms with Gasteiger partial charge in [0.1, 0.15) is 0 Å². The van der Waals surface area contributed by atoms with E-state index in [2.05, 4.69) is 44.1 Å². The number of aryl methyl sites for hydroxylation is 4. The minimum Gasteiger partial charge on any atom is -0.478 e. The van der Waals surface area contributed by atoms with Gasteiger partial charge in [0, 0.05) is 28.6 Å². The molecule has 12 nitrogen and oxygen atoms in total. The molecule has 0 aliphatic heterocycles. The average Bonchev–Trinajstić information content (AvgIpc) is 4.29. The van der Waals surface area contributed by atoms with Gasteiger partial charge in [0.05, 0.1) is 79.6 Å². The van der Waals surface area contributed by atoms with Crippen LogP contribution in [0.2, 0.25) is 5.02 Å². The monoisotopic (exact) mass is 1030 g/mol. The van der Waals surface area contributed by atoms with Crippen molar-refractivity contribution in [3.8, 4) is 33.6 Å². The van der Waals surface area contributed by atoms with Gasteiger partial charge in [0.2, 0.25) is 0 Å². The molecule has 2 aliphatic carbocycles. The molecule has 0 bridgehead atoms. The van der Waals surface area contributed by atoms with Gasteiger partial charge in [-0.15, -0.1) is 0 Å². The van der Waals surface area contributed by atoms with Crippen molar-refractivity contribution in [2.45, 2.75) is 58.3 Å². The zero-order chi connectivity index (χ0) is 53.1. The molecule has 3 heterocycles. The maximum absolute atomic E-state index is 11.9. The number of benzene rings is 6. The largest absolute Gasteiger partial charge is 0.478 e. The number of aromatic carboxylic acids is 3. The smallest absolute Gasteiger partial charge is 0.337 e. The number of hydrogen-bond acceptors (Lipinski definition) is 9. The van der Waals surface area contributed by atoms with Crippen LogP contribution in [0, 0.1) is 13.8 Å². The van der Waals surface area contributed by atoms with Gasteiger partial charge in [-0.25, -0.2) is 14.4 Å². The number of nitrogens with zero attached hydrogens (tertiary/aromatic N) is 3. The Kier molecular flexibility index (Phi) is 16.2. The average molecular weight is 1030 g/mol. The Bertz CT molecular complexity index is 3560. The van der Waals surface area contributed by atoms with Crippen LogP contribution in [-0.2, 0) is 12.8 Å². The van der Waals surface area contributed by atoms with E-state index in [0.717, 1.165) is 81.7 Å². The molecule has 0 unspecified atom stereocenters. The lowest BCUT2D eigenvalue weighted by molar-refractivity contribution is 0.0687. The van der Waals surface area contributed by atoms with Gasteiger partial charge in [-0.05, 0) is 130 Å². The summed E-state index contributed by atoms with van der Waals surface area (Å²) >= 11 is 6.08. The summed E-state index contributed by atoms with van der Waals surface area (Å²) in [7, 11) is 0. The van der Waals surface area contributed by atoms with Crippen LogP contribution in [0.15, 0.2) is 182 Å². The van der Waals surface area contributed by atoms with E-state index in [1.807, 2.05) is 123 Å². The molecule has 76 heavy (non-hydrogen) atoms. The third-order valence-corrected chi connectivity index (χ3v) is 13.3. The highest BCUT2D eigenvalue weighted by atomic mass is 35.5. The summed E-state index contributed by atoms with van der Waals surface area (Å²) in [4.78, 5) is 48.4. The highest BCUT2D eigenvalue weighted by molar-refractivity contribution is 6.30. The lowest BCUT2D eigenvalue weighted by Crippen LogP contribution is -2.07.